The van der Waals surface area contributed by atoms with Gasteiger partial charge in [-0.2, -0.15) is 0 Å². The van der Waals surface area contributed by atoms with Crippen LogP contribution in [0.4, 0.5) is 5.82 Å². The van der Waals surface area contributed by atoms with Gasteiger partial charge in [-0.1, -0.05) is 11.6 Å². The van der Waals surface area contributed by atoms with Gasteiger partial charge in [0.2, 0.25) is 0 Å². The third kappa shape index (κ3) is 3.57. The lowest BCUT2D eigenvalue weighted by Crippen LogP contribution is -2.34. The van der Waals surface area contributed by atoms with Crippen LogP contribution >= 0.6 is 27.5 Å². The Kier molecular flexibility index (Phi) is 4.65. The number of hydrogen-bond donors (Lipinski definition) is 1. The van der Waals surface area contributed by atoms with E-state index in [1.807, 2.05) is 6.07 Å². The van der Waals surface area contributed by atoms with Crippen molar-refractivity contribution in [1.82, 2.24) is 10.3 Å². The Bertz CT molecular complexity index is 380. The SMILES string of the molecule is CN(CC1CCNCC1)c1ncc(Br)cc1Cl. The standard InChI is InChI=1S/C12H17BrClN3/c1-17(8-9-2-4-15-5-3-9)12-11(14)6-10(13)7-16-12/h6-7,9,15H,2-5,8H2,1H3. The fraction of sp³-hybridized carbons (Fsp3) is 0.583. The fourth-order valence-electron chi connectivity index (χ4n) is 2.23. The zero-order chi connectivity index (χ0) is 12.3. The maximum Gasteiger partial charge on any atom is 0.147 e. The summed E-state index contributed by atoms with van der Waals surface area (Å²) in [4.78, 5) is 6.53. The second kappa shape index (κ2) is 6.03. The summed E-state index contributed by atoms with van der Waals surface area (Å²) in [5.74, 6) is 1.61. The van der Waals surface area contributed by atoms with Crippen molar-refractivity contribution in [2.75, 3.05) is 31.6 Å². The van der Waals surface area contributed by atoms with Gasteiger partial charge in [0.25, 0.3) is 0 Å². The van der Waals surface area contributed by atoms with Crippen molar-refractivity contribution in [1.29, 1.82) is 0 Å². The van der Waals surface area contributed by atoms with E-state index in [0.717, 1.165) is 35.8 Å². The van der Waals surface area contributed by atoms with Crippen LogP contribution in [0.5, 0.6) is 0 Å². The number of nitrogens with zero attached hydrogens (tertiary/aromatic N) is 2. The van der Waals surface area contributed by atoms with Crippen LogP contribution in [-0.4, -0.2) is 31.7 Å². The van der Waals surface area contributed by atoms with Gasteiger partial charge in [0.1, 0.15) is 5.82 Å². The van der Waals surface area contributed by atoms with Gasteiger partial charge < -0.3 is 10.2 Å². The summed E-state index contributed by atoms with van der Waals surface area (Å²) in [6.45, 7) is 3.27. The van der Waals surface area contributed by atoms with E-state index in [2.05, 4.69) is 38.2 Å². The van der Waals surface area contributed by atoms with Gasteiger partial charge in [-0.05, 0) is 53.8 Å². The van der Waals surface area contributed by atoms with E-state index in [1.165, 1.54) is 12.8 Å². The van der Waals surface area contributed by atoms with Gasteiger partial charge in [0.05, 0.1) is 5.02 Å². The van der Waals surface area contributed by atoms with Crippen LogP contribution in [0.2, 0.25) is 5.02 Å². The Morgan fingerprint density at radius 2 is 2.24 bits per heavy atom. The Morgan fingerprint density at radius 3 is 2.88 bits per heavy atom. The molecular formula is C12H17BrClN3. The highest BCUT2D eigenvalue weighted by molar-refractivity contribution is 9.10. The molecule has 0 aliphatic carbocycles. The van der Waals surface area contributed by atoms with E-state index < -0.39 is 0 Å². The maximum atomic E-state index is 6.20. The molecule has 1 aromatic rings. The van der Waals surface area contributed by atoms with Crippen molar-refractivity contribution in [2.45, 2.75) is 12.8 Å². The van der Waals surface area contributed by atoms with Crippen molar-refractivity contribution in [3.05, 3.63) is 21.8 Å². The van der Waals surface area contributed by atoms with Crippen LogP contribution < -0.4 is 10.2 Å². The lowest BCUT2D eigenvalue weighted by molar-refractivity contribution is 0.377. The molecule has 1 aliphatic rings. The van der Waals surface area contributed by atoms with Crippen LogP contribution in [0.15, 0.2) is 16.7 Å². The molecule has 1 fully saturated rings. The number of aromatic nitrogens is 1. The molecule has 17 heavy (non-hydrogen) atoms. The summed E-state index contributed by atoms with van der Waals surface area (Å²) < 4.78 is 0.918. The van der Waals surface area contributed by atoms with Crippen molar-refractivity contribution in [3.63, 3.8) is 0 Å². The van der Waals surface area contributed by atoms with Crippen LogP contribution in [-0.2, 0) is 0 Å². The molecule has 0 spiro atoms. The monoisotopic (exact) mass is 317 g/mol. The molecule has 0 aromatic carbocycles. The minimum absolute atomic E-state index is 0.704. The number of halogens is 2. The van der Waals surface area contributed by atoms with E-state index in [0.29, 0.717) is 5.02 Å². The van der Waals surface area contributed by atoms with E-state index in [4.69, 9.17) is 11.6 Å². The molecule has 3 nitrogen and oxygen atoms in total. The second-order valence-corrected chi connectivity index (χ2v) is 5.86. The number of pyridine rings is 1. The van der Waals surface area contributed by atoms with Gasteiger partial charge in [-0.3, -0.25) is 0 Å². The lowest BCUT2D eigenvalue weighted by atomic mass is 9.98. The van der Waals surface area contributed by atoms with Crippen molar-refractivity contribution < 1.29 is 0 Å². The van der Waals surface area contributed by atoms with E-state index in [1.54, 1.807) is 6.20 Å². The molecule has 2 rings (SSSR count). The molecule has 2 heterocycles. The van der Waals surface area contributed by atoms with Crippen molar-refractivity contribution in [2.24, 2.45) is 5.92 Å². The summed E-state index contributed by atoms with van der Waals surface area (Å²) in [7, 11) is 2.06. The average molecular weight is 319 g/mol. The minimum atomic E-state index is 0.704. The van der Waals surface area contributed by atoms with Gasteiger partial charge in [0.15, 0.2) is 0 Å². The first-order valence-corrected chi connectivity index (χ1v) is 7.07. The van der Waals surface area contributed by atoms with Crippen LogP contribution in [0.25, 0.3) is 0 Å². The molecule has 1 aliphatic heterocycles. The maximum absolute atomic E-state index is 6.20. The molecule has 1 aromatic heterocycles. The van der Waals surface area contributed by atoms with Gasteiger partial charge in [0, 0.05) is 24.3 Å². The first kappa shape index (κ1) is 13.1. The van der Waals surface area contributed by atoms with Crippen LogP contribution in [0.1, 0.15) is 12.8 Å². The smallest absolute Gasteiger partial charge is 0.147 e. The highest BCUT2D eigenvalue weighted by atomic mass is 79.9. The Labute approximate surface area is 116 Å². The number of nitrogens with one attached hydrogen (secondary N) is 1. The van der Waals surface area contributed by atoms with Crippen LogP contribution in [0.3, 0.4) is 0 Å². The number of piperidine rings is 1. The molecule has 5 heteroatoms. The molecule has 0 saturated carbocycles. The molecule has 0 amide bonds. The van der Waals surface area contributed by atoms with Gasteiger partial charge >= 0.3 is 0 Å². The Balaban J connectivity index is 2.00. The topological polar surface area (TPSA) is 28.2 Å². The van der Waals surface area contributed by atoms with Gasteiger partial charge in [-0.15, -0.1) is 0 Å². The zero-order valence-corrected chi connectivity index (χ0v) is 12.3. The molecule has 0 radical (unpaired) electrons. The van der Waals surface area contributed by atoms with Crippen molar-refractivity contribution >= 4 is 33.3 Å². The van der Waals surface area contributed by atoms with E-state index >= 15 is 0 Å². The largest absolute Gasteiger partial charge is 0.358 e. The molecule has 94 valence electrons. The fourth-order valence-corrected chi connectivity index (χ4v) is 3.00. The Morgan fingerprint density at radius 1 is 1.53 bits per heavy atom. The first-order chi connectivity index (χ1) is 8.16. The van der Waals surface area contributed by atoms with E-state index in [-0.39, 0.29) is 0 Å². The highest BCUT2D eigenvalue weighted by Gasteiger charge is 2.17. The molecule has 0 bridgehead atoms. The molecular weight excluding hydrogens is 302 g/mol. The summed E-state index contributed by atoms with van der Waals surface area (Å²) in [6, 6.07) is 1.89. The summed E-state index contributed by atoms with van der Waals surface area (Å²) in [5, 5.41) is 4.08. The highest BCUT2D eigenvalue weighted by Crippen LogP contribution is 2.26. The summed E-state index contributed by atoms with van der Waals surface area (Å²) >= 11 is 9.57. The average Bonchev–Trinajstić information content (AvgIpc) is 2.30. The molecule has 0 atom stereocenters. The zero-order valence-electron chi connectivity index (χ0n) is 9.92. The summed E-state index contributed by atoms with van der Waals surface area (Å²) in [6.07, 6.45) is 4.26. The Hall–Kier alpha value is -0.320. The normalized spacial score (nSPS) is 17.1. The lowest BCUT2D eigenvalue weighted by Gasteiger charge is -2.28. The molecule has 1 saturated heterocycles. The quantitative estimate of drug-likeness (QED) is 0.929. The minimum Gasteiger partial charge on any atom is -0.358 e. The third-order valence-corrected chi connectivity index (χ3v) is 3.85. The number of anilines is 1. The summed E-state index contributed by atoms with van der Waals surface area (Å²) in [5.41, 5.74) is 0. The van der Waals surface area contributed by atoms with Crippen molar-refractivity contribution in [3.8, 4) is 0 Å². The number of hydrogen-bond acceptors (Lipinski definition) is 3. The van der Waals surface area contributed by atoms with Crippen LogP contribution in [0, 0.1) is 5.92 Å². The third-order valence-electron chi connectivity index (χ3n) is 3.14. The van der Waals surface area contributed by atoms with Gasteiger partial charge in [-0.25, -0.2) is 4.98 Å². The predicted octanol–water partition coefficient (Wildman–Crippen LogP) is 2.93. The number of rotatable bonds is 3. The molecule has 0 unspecified atom stereocenters. The second-order valence-electron chi connectivity index (χ2n) is 4.53. The first-order valence-electron chi connectivity index (χ1n) is 5.89. The predicted molar refractivity (Wildman–Crippen MR) is 75.8 cm³/mol. The molecule has 1 N–H and O–H groups in total. The van der Waals surface area contributed by atoms with E-state index in [9.17, 15) is 0 Å².